The van der Waals surface area contributed by atoms with Crippen molar-refractivity contribution >= 4 is 116 Å². The Kier molecular flexibility index (Phi) is 75.3. The Labute approximate surface area is 836 Å². The van der Waals surface area contributed by atoms with E-state index in [0.717, 1.165) is 45.0 Å². The molecule has 0 aliphatic carbocycles. The van der Waals surface area contributed by atoms with Gasteiger partial charge < -0.3 is 38.5 Å². The smallest absolute Gasteiger partial charge is 0.264 e. The molecule has 0 aliphatic rings. The molecule has 12 aromatic rings. The van der Waals surface area contributed by atoms with Crippen molar-refractivity contribution in [2.75, 3.05) is 74.2 Å². The lowest BCUT2D eigenvalue weighted by molar-refractivity contribution is -0.121. The SMILES string of the molecule is CC.CC.CC.CC.CC.CC.CC.CC.CC.CC.CC.CC.Cc1ccccc1N(C)C(=O)COc1ccc(Cl)cc1C(=O)c1ccccc1.Cc1ccccc1N(C)C(=O)COc1ccc(Cl)cc1C(=O)c1ccccc1.Cc1ccccc1N(C)C(=O)COc1ccc(Cl)cc1C(=O)c1ccccc1.Cc1ccccc1N(C)C(=O)COc1ccc(Cl)cc1C(=O)c1ccccc1. The highest BCUT2D eigenvalue weighted by molar-refractivity contribution is 6.32. The third kappa shape index (κ3) is 44.4. The molecule has 0 heterocycles. The Balaban J connectivity index is -0.000000792. The third-order valence-electron chi connectivity index (χ3n) is 17.7. The van der Waals surface area contributed by atoms with Crippen LogP contribution < -0.4 is 38.5 Å². The first-order chi connectivity index (χ1) is 65.9. The molecule has 0 aliphatic heterocycles. The Hall–Kier alpha value is -12.4. The number of halogens is 4. The summed E-state index contributed by atoms with van der Waals surface area (Å²) in [5.74, 6) is -0.426. The first-order valence-corrected chi connectivity index (χ1v) is 48.8. The van der Waals surface area contributed by atoms with E-state index < -0.39 is 0 Å². The van der Waals surface area contributed by atoms with Gasteiger partial charge in [0.05, 0.1) is 22.3 Å². The number of hydrogen-bond acceptors (Lipinski definition) is 12. The van der Waals surface area contributed by atoms with Crippen molar-refractivity contribution in [1.82, 2.24) is 0 Å². The predicted molar refractivity (Wildman–Crippen MR) is 582 cm³/mol. The van der Waals surface area contributed by atoms with Crippen LogP contribution in [0.2, 0.25) is 20.1 Å². The molecule has 136 heavy (non-hydrogen) atoms. The Morgan fingerprint density at radius 3 is 0.493 bits per heavy atom. The summed E-state index contributed by atoms with van der Waals surface area (Å²) < 4.78 is 22.8. The highest BCUT2D eigenvalue weighted by atomic mass is 35.5. The number of ketones is 4. The lowest BCUT2D eigenvalue weighted by atomic mass is 10.0. The molecule has 0 radical (unpaired) electrons. The number of anilines is 4. The fourth-order valence-electron chi connectivity index (χ4n) is 11.4. The molecular formula is C116H152Cl4N4O12. The molecule has 736 valence electrons. The highest BCUT2D eigenvalue weighted by Gasteiger charge is 2.24. The van der Waals surface area contributed by atoms with E-state index >= 15 is 0 Å². The summed E-state index contributed by atoms with van der Waals surface area (Å²) in [6, 6.07) is 85.1. The number of amides is 4. The van der Waals surface area contributed by atoms with Crippen molar-refractivity contribution in [3.63, 3.8) is 0 Å². The van der Waals surface area contributed by atoms with Gasteiger partial charge in [-0.1, -0.05) is 407 Å². The number of carbonyl (C=O) groups excluding carboxylic acids is 8. The number of likely N-dealkylation sites (N-methyl/N-ethyl adjacent to an activating group) is 4. The van der Waals surface area contributed by atoms with Crippen LogP contribution in [0.1, 0.15) is 252 Å². The van der Waals surface area contributed by atoms with E-state index in [9.17, 15) is 38.4 Å². The maximum Gasteiger partial charge on any atom is 0.264 e. The van der Waals surface area contributed by atoms with E-state index in [1.807, 2.05) is 315 Å². The van der Waals surface area contributed by atoms with Gasteiger partial charge in [-0.3, -0.25) is 38.4 Å². The predicted octanol–water partition coefficient (Wildman–Crippen LogP) is 32.0. The fraction of sp³-hybridized carbons (Fsp3) is 0.310. The van der Waals surface area contributed by atoms with Gasteiger partial charge in [-0.15, -0.1) is 0 Å². The zero-order valence-electron chi connectivity index (χ0n) is 86.7. The van der Waals surface area contributed by atoms with Gasteiger partial charge in [0.1, 0.15) is 23.0 Å². The normalized spacial score (nSPS) is 9.09. The maximum atomic E-state index is 12.8. The highest BCUT2D eigenvalue weighted by Crippen LogP contribution is 2.32. The molecule has 0 N–H and O–H groups in total. The van der Waals surface area contributed by atoms with Crippen LogP contribution in [0.3, 0.4) is 0 Å². The minimum Gasteiger partial charge on any atom is -0.483 e. The van der Waals surface area contributed by atoms with Crippen LogP contribution in [0.15, 0.2) is 291 Å². The maximum absolute atomic E-state index is 12.8. The minimum absolute atomic E-state index is 0.193. The van der Waals surface area contributed by atoms with Crippen LogP contribution in [0.5, 0.6) is 23.0 Å². The second-order valence-electron chi connectivity index (χ2n) is 25.5. The van der Waals surface area contributed by atoms with Crippen molar-refractivity contribution in [3.05, 3.63) is 378 Å². The van der Waals surface area contributed by atoms with Crippen LogP contribution in [-0.2, 0) is 19.2 Å². The molecule has 12 aromatic carbocycles. The van der Waals surface area contributed by atoms with Crippen molar-refractivity contribution in [2.24, 2.45) is 0 Å². The molecule has 0 saturated heterocycles. The summed E-state index contributed by atoms with van der Waals surface area (Å²) >= 11 is 24.3. The summed E-state index contributed by atoms with van der Waals surface area (Å²) in [6.07, 6.45) is 0. The van der Waals surface area contributed by atoms with E-state index in [2.05, 4.69) is 0 Å². The number of aryl methyl sites for hydroxylation is 4. The van der Waals surface area contributed by atoms with Crippen molar-refractivity contribution < 1.29 is 57.3 Å². The second kappa shape index (κ2) is 78.8. The minimum atomic E-state index is -0.220. The van der Waals surface area contributed by atoms with Gasteiger partial charge in [0, 0.05) is 93.3 Å². The molecule has 0 fully saturated rings. The van der Waals surface area contributed by atoms with Gasteiger partial charge in [0.2, 0.25) is 0 Å². The zero-order chi connectivity index (χ0) is 104. The topological polar surface area (TPSA) is 186 Å². The summed E-state index contributed by atoms with van der Waals surface area (Å²) in [4.78, 5) is 108. The monoisotopic (exact) mass is 1930 g/mol. The van der Waals surface area contributed by atoms with Crippen molar-refractivity contribution in [1.29, 1.82) is 0 Å². The van der Waals surface area contributed by atoms with E-state index in [4.69, 9.17) is 65.4 Å². The standard InChI is InChI=1S/4C23H20ClNO3.12C2H6/c4*1-16-8-6-7-11-20(16)25(2)22(26)15-28-21-13-12-18(24)14-19(21)23(27)17-9-4-3-5-10-17;12*1-2/h4*3-14H,15H2,1-2H3;12*1-2H3. The average Bonchev–Trinajstić information content (AvgIpc) is 0.826. The molecule has 12 rings (SSSR count). The molecule has 0 bridgehead atoms. The van der Waals surface area contributed by atoms with Crippen LogP contribution in [0.4, 0.5) is 22.7 Å². The molecule has 0 atom stereocenters. The van der Waals surface area contributed by atoms with Crippen LogP contribution >= 0.6 is 46.4 Å². The van der Waals surface area contributed by atoms with Gasteiger partial charge in [-0.05, 0) is 147 Å². The van der Waals surface area contributed by atoms with Crippen molar-refractivity contribution in [2.45, 2.75) is 194 Å². The average molecular weight is 1940 g/mol. The third-order valence-corrected chi connectivity index (χ3v) is 18.6. The molecule has 20 heteroatoms. The van der Waals surface area contributed by atoms with E-state index in [1.165, 1.54) is 0 Å². The lowest BCUT2D eigenvalue weighted by Crippen LogP contribution is -2.32. The fourth-order valence-corrected chi connectivity index (χ4v) is 12.1. The number of rotatable bonds is 24. The molecule has 0 aromatic heterocycles. The van der Waals surface area contributed by atoms with Gasteiger partial charge >= 0.3 is 0 Å². The summed E-state index contributed by atoms with van der Waals surface area (Å²) in [5, 5.41) is 1.70. The first kappa shape index (κ1) is 130. The molecule has 0 saturated carbocycles. The first-order valence-electron chi connectivity index (χ1n) is 47.3. The number of para-hydroxylation sites is 4. The van der Waals surface area contributed by atoms with Gasteiger partial charge in [0.25, 0.3) is 23.6 Å². The van der Waals surface area contributed by atoms with E-state index in [0.29, 0.717) is 87.6 Å². The number of carbonyl (C=O) groups is 8. The molecule has 4 amide bonds. The lowest BCUT2D eigenvalue weighted by Gasteiger charge is -2.20. The summed E-state index contributed by atoms with van der Waals surface area (Å²) in [6.45, 7) is 55.0. The second-order valence-corrected chi connectivity index (χ2v) is 27.2. The zero-order valence-corrected chi connectivity index (χ0v) is 89.8. The van der Waals surface area contributed by atoms with E-state index in [1.54, 1.807) is 218 Å². The Bertz CT molecular complexity index is 4670. The van der Waals surface area contributed by atoms with Gasteiger partial charge in [-0.2, -0.15) is 0 Å². The van der Waals surface area contributed by atoms with Crippen LogP contribution in [0.25, 0.3) is 0 Å². The van der Waals surface area contributed by atoms with E-state index in [-0.39, 0.29) is 73.2 Å². The molecule has 16 nitrogen and oxygen atoms in total. The molecular weight excluding hydrogens is 1780 g/mol. The number of ether oxygens (including phenoxy) is 4. The number of nitrogens with zero attached hydrogens (tertiary/aromatic N) is 4. The largest absolute Gasteiger partial charge is 0.483 e. The van der Waals surface area contributed by atoms with Crippen molar-refractivity contribution in [3.8, 4) is 23.0 Å². The van der Waals surface area contributed by atoms with Crippen LogP contribution in [-0.4, -0.2) is 101 Å². The Morgan fingerprint density at radius 1 is 0.206 bits per heavy atom. The quantitative estimate of drug-likeness (QED) is 0.0522. The molecule has 0 spiro atoms. The summed E-state index contributed by atoms with van der Waals surface area (Å²) in [7, 11) is 6.80. The van der Waals surface area contributed by atoms with Gasteiger partial charge in [-0.25, -0.2) is 0 Å². The van der Waals surface area contributed by atoms with Gasteiger partial charge in [0.15, 0.2) is 49.6 Å². The number of hydrogen-bond donors (Lipinski definition) is 0. The molecule has 0 unspecified atom stereocenters. The van der Waals surface area contributed by atoms with Crippen LogP contribution in [0, 0.1) is 27.7 Å². The number of benzene rings is 12. The Morgan fingerprint density at radius 2 is 0.346 bits per heavy atom. The summed E-state index contributed by atoms with van der Waals surface area (Å²) in [5.41, 5.74) is 10.6.